The minimum atomic E-state index is -0.494. The Kier molecular flexibility index (Phi) is 4.24. The molecule has 0 fully saturated rings. The van der Waals surface area contributed by atoms with Crippen LogP contribution < -0.4 is 10.1 Å². The Morgan fingerprint density at radius 1 is 1.00 bits per heavy atom. The Morgan fingerprint density at radius 2 is 1.78 bits per heavy atom. The molecule has 0 saturated carbocycles. The van der Waals surface area contributed by atoms with Gasteiger partial charge in [-0.1, -0.05) is 18.2 Å². The van der Waals surface area contributed by atoms with Crippen molar-refractivity contribution in [3.63, 3.8) is 0 Å². The molecule has 0 aliphatic rings. The lowest BCUT2D eigenvalue weighted by molar-refractivity contribution is 0.102. The van der Waals surface area contributed by atoms with Gasteiger partial charge in [0.15, 0.2) is 0 Å². The van der Waals surface area contributed by atoms with Crippen LogP contribution in [-0.2, 0) is 0 Å². The summed E-state index contributed by atoms with van der Waals surface area (Å²) in [5.41, 5.74) is 0.455. The fraction of sp³-hybridized carbons (Fsp3) is 0. The van der Waals surface area contributed by atoms with Gasteiger partial charge >= 0.3 is 6.01 Å². The topological polar surface area (TPSA) is 64.1 Å². The second kappa shape index (κ2) is 6.65. The van der Waals surface area contributed by atoms with E-state index in [-0.39, 0.29) is 11.7 Å². The maximum absolute atomic E-state index is 13.6. The fourth-order valence-electron chi connectivity index (χ4n) is 1.90. The van der Waals surface area contributed by atoms with Gasteiger partial charge in [0.05, 0.1) is 5.69 Å². The van der Waals surface area contributed by atoms with Crippen molar-refractivity contribution in [3.05, 3.63) is 78.4 Å². The molecule has 3 aromatic rings. The van der Waals surface area contributed by atoms with Gasteiger partial charge in [-0.2, -0.15) is 0 Å². The van der Waals surface area contributed by atoms with Crippen LogP contribution in [0.5, 0.6) is 11.8 Å². The number of aromatic nitrogens is 2. The number of hydrogen-bond acceptors (Lipinski definition) is 4. The molecular weight excluding hydrogens is 297 g/mol. The minimum absolute atomic E-state index is 0.121. The van der Waals surface area contributed by atoms with Crippen LogP contribution >= 0.6 is 0 Å². The Bertz CT molecular complexity index is 825. The lowest BCUT2D eigenvalue weighted by atomic mass is 10.2. The zero-order chi connectivity index (χ0) is 16.1. The first-order chi connectivity index (χ1) is 11.2. The van der Waals surface area contributed by atoms with E-state index in [4.69, 9.17) is 4.74 Å². The lowest BCUT2D eigenvalue weighted by Gasteiger charge is -2.08. The highest BCUT2D eigenvalue weighted by atomic mass is 19.1. The van der Waals surface area contributed by atoms with Crippen LogP contribution in [-0.4, -0.2) is 15.9 Å². The molecule has 1 N–H and O–H groups in total. The lowest BCUT2D eigenvalue weighted by Crippen LogP contribution is -2.12. The summed E-state index contributed by atoms with van der Waals surface area (Å²) in [7, 11) is 0. The Labute approximate surface area is 131 Å². The molecule has 0 bridgehead atoms. The molecule has 0 atom stereocenters. The number of nitrogens with zero attached hydrogens (tertiary/aromatic N) is 2. The van der Waals surface area contributed by atoms with Gasteiger partial charge in [-0.15, -0.1) is 0 Å². The van der Waals surface area contributed by atoms with Crippen molar-refractivity contribution >= 4 is 11.6 Å². The summed E-state index contributed by atoms with van der Waals surface area (Å²) in [6.45, 7) is 0. The number of carbonyl (C=O) groups excluding carboxylic acids is 1. The third-order valence-electron chi connectivity index (χ3n) is 2.97. The minimum Gasteiger partial charge on any atom is -0.424 e. The molecule has 5 nitrogen and oxygen atoms in total. The van der Waals surface area contributed by atoms with Crippen LogP contribution in [0.25, 0.3) is 0 Å². The van der Waals surface area contributed by atoms with Crippen LogP contribution in [0, 0.1) is 5.82 Å². The molecule has 0 aliphatic heterocycles. The molecule has 1 aromatic heterocycles. The van der Waals surface area contributed by atoms with Gasteiger partial charge in [-0.25, -0.2) is 14.4 Å². The first-order valence-corrected chi connectivity index (χ1v) is 6.83. The molecule has 0 spiro atoms. The summed E-state index contributed by atoms with van der Waals surface area (Å²) in [5.74, 6) is -0.516. The summed E-state index contributed by atoms with van der Waals surface area (Å²) >= 11 is 0. The van der Waals surface area contributed by atoms with Crippen LogP contribution in [0.4, 0.5) is 10.1 Å². The number of benzene rings is 2. The van der Waals surface area contributed by atoms with Crippen LogP contribution in [0.1, 0.15) is 10.4 Å². The molecule has 114 valence electrons. The van der Waals surface area contributed by atoms with Crippen LogP contribution in [0.15, 0.2) is 67.0 Å². The van der Waals surface area contributed by atoms with E-state index in [1.165, 1.54) is 18.2 Å². The predicted molar refractivity (Wildman–Crippen MR) is 82.9 cm³/mol. The first-order valence-electron chi connectivity index (χ1n) is 6.83. The summed E-state index contributed by atoms with van der Waals surface area (Å²) in [4.78, 5) is 20.1. The van der Waals surface area contributed by atoms with Crippen molar-refractivity contribution in [2.24, 2.45) is 0 Å². The van der Waals surface area contributed by atoms with Crippen molar-refractivity contribution in [1.29, 1.82) is 0 Å². The fourth-order valence-corrected chi connectivity index (χ4v) is 1.90. The Balaban J connectivity index is 1.77. The number of para-hydroxylation sites is 1. The van der Waals surface area contributed by atoms with Gasteiger partial charge in [0, 0.05) is 18.0 Å². The van der Waals surface area contributed by atoms with Gasteiger partial charge < -0.3 is 10.1 Å². The molecule has 2 aromatic carbocycles. The second-order valence-electron chi connectivity index (χ2n) is 4.60. The van der Waals surface area contributed by atoms with Gasteiger partial charge in [0.25, 0.3) is 5.91 Å². The summed E-state index contributed by atoms with van der Waals surface area (Å²) in [6, 6.07) is 14.3. The average molecular weight is 309 g/mol. The molecule has 1 amide bonds. The second-order valence-corrected chi connectivity index (χ2v) is 4.60. The van der Waals surface area contributed by atoms with Crippen molar-refractivity contribution in [2.45, 2.75) is 0 Å². The maximum Gasteiger partial charge on any atom is 0.321 e. The van der Waals surface area contributed by atoms with Crippen LogP contribution in [0.2, 0.25) is 0 Å². The van der Waals surface area contributed by atoms with E-state index in [2.05, 4.69) is 15.3 Å². The standard InChI is InChI=1S/C17H12FN3O2/c18-14-7-1-2-8-15(14)21-16(22)12-5-3-6-13(11-12)23-17-19-9-4-10-20-17/h1-11H,(H,21,22). The normalized spacial score (nSPS) is 10.1. The van der Waals surface area contributed by atoms with Crippen molar-refractivity contribution < 1.29 is 13.9 Å². The highest BCUT2D eigenvalue weighted by Crippen LogP contribution is 2.20. The third kappa shape index (κ3) is 3.68. The zero-order valence-corrected chi connectivity index (χ0v) is 11.9. The van der Waals surface area contributed by atoms with E-state index in [0.29, 0.717) is 11.3 Å². The number of hydrogen-bond donors (Lipinski definition) is 1. The molecule has 3 rings (SSSR count). The Hall–Kier alpha value is -3.28. The smallest absolute Gasteiger partial charge is 0.321 e. The first kappa shape index (κ1) is 14.6. The van der Waals surface area contributed by atoms with Crippen molar-refractivity contribution in [1.82, 2.24) is 9.97 Å². The van der Waals surface area contributed by atoms with Gasteiger partial charge in [0.2, 0.25) is 0 Å². The third-order valence-corrected chi connectivity index (χ3v) is 2.97. The predicted octanol–water partition coefficient (Wildman–Crippen LogP) is 3.66. The number of halogens is 1. The number of ether oxygens (including phenoxy) is 1. The van der Waals surface area contributed by atoms with Gasteiger partial charge in [-0.05, 0) is 36.4 Å². The van der Waals surface area contributed by atoms with E-state index in [1.807, 2.05) is 0 Å². The zero-order valence-electron chi connectivity index (χ0n) is 11.9. The van der Waals surface area contributed by atoms with E-state index >= 15 is 0 Å². The quantitative estimate of drug-likeness (QED) is 0.799. The largest absolute Gasteiger partial charge is 0.424 e. The SMILES string of the molecule is O=C(Nc1ccccc1F)c1cccc(Oc2ncccn2)c1. The molecule has 6 heteroatoms. The molecule has 23 heavy (non-hydrogen) atoms. The number of amides is 1. The molecule has 0 radical (unpaired) electrons. The summed E-state index contributed by atoms with van der Waals surface area (Å²) in [5, 5.41) is 2.52. The number of nitrogens with one attached hydrogen (secondary N) is 1. The highest BCUT2D eigenvalue weighted by molar-refractivity contribution is 6.04. The van der Waals surface area contributed by atoms with Crippen molar-refractivity contribution in [3.8, 4) is 11.8 Å². The monoisotopic (exact) mass is 309 g/mol. The van der Waals surface area contributed by atoms with Gasteiger partial charge in [-0.3, -0.25) is 4.79 Å². The maximum atomic E-state index is 13.6. The number of rotatable bonds is 4. The number of carbonyl (C=O) groups is 1. The summed E-state index contributed by atoms with van der Waals surface area (Å²) < 4.78 is 19.0. The number of anilines is 1. The van der Waals surface area contributed by atoms with Crippen LogP contribution in [0.3, 0.4) is 0 Å². The van der Waals surface area contributed by atoms with E-state index in [9.17, 15) is 9.18 Å². The summed E-state index contributed by atoms with van der Waals surface area (Å²) in [6.07, 6.45) is 3.11. The Morgan fingerprint density at radius 3 is 2.57 bits per heavy atom. The molecule has 1 heterocycles. The average Bonchev–Trinajstić information content (AvgIpc) is 2.58. The molecule has 0 aliphatic carbocycles. The van der Waals surface area contributed by atoms with Gasteiger partial charge in [0.1, 0.15) is 11.6 Å². The molecular formula is C17H12FN3O2. The molecule has 0 saturated heterocycles. The van der Waals surface area contributed by atoms with E-state index < -0.39 is 11.7 Å². The highest BCUT2D eigenvalue weighted by Gasteiger charge is 2.10. The molecule has 0 unspecified atom stereocenters. The van der Waals surface area contributed by atoms with Crippen molar-refractivity contribution in [2.75, 3.05) is 5.32 Å². The van der Waals surface area contributed by atoms with E-state index in [0.717, 1.165) is 0 Å². The van der Waals surface area contributed by atoms with E-state index in [1.54, 1.807) is 48.8 Å².